The Bertz CT molecular complexity index is 426. The summed E-state index contributed by atoms with van der Waals surface area (Å²) in [5, 5.41) is 0. The van der Waals surface area contributed by atoms with Crippen LogP contribution < -0.4 is 5.73 Å². The van der Waals surface area contributed by atoms with Crippen molar-refractivity contribution in [1.29, 1.82) is 0 Å². The fraction of sp³-hybridized carbons (Fsp3) is 0.500. The maximum absolute atomic E-state index is 12.3. The zero-order valence-corrected chi connectivity index (χ0v) is 10.5. The van der Waals surface area contributed by atoms with Gasteiger partial charge in [0.25, 0.3) is 5.91 Å². The van der Waals surface area contributed by atoms with Gasteiger partial charge in [-0.2, -0.15) is 0 Å². The molecular formula is C12H17N3O3. The van der Waals surface area contributed by atoms with E-state index in [1.807, 2.05) is 0 Å². The van der Waals surface area contributed by atoms with Crippen molar-refractivity contribution in [3.63, 3.8) is 0 Å². The highest BCUT2D eigenvalue weighted by molar-refractivity contribution is 5.97. The summed E-state index contributed by atoms with van der Waals surface area (Å²) in [6.07, 6.45) is 1.34. The summed E-state index contributed by atoms with van der Waals surface area (Å²) in [6.45, 7) is 0.980. The molecule has 2 heterocycles. The van der Waals surface area contributed by atoms with Crippen LogP contribution in [0, 0.1) is 0 Å². The maximum Gasteiger partial charge on any atom is 0.274 e. The van der Waals surface area contributed by atoms with E-state index in [2.05, 4.69) is 4.98 Å². The molecule has 2 atom stereocenters. The lowest BCUT2D eigenvalue weighted by molar-refractivity contribution is -0.00461. The van der Waals surface area contributed by atoms with Gasteiger partial charge in [0.15, 0.2) is 5.69 Å². The Hall–Kier alpha value is -1.66. The van der Waals surface area contributed by atoms with E-state index in [1.54, 1.807) is 37.4 Å². The molecule has 1 aromatic heterocycles. The van der Waals surface area contributed by atoms with Gasteiger partial charge < -0.3 is 20.1 Å². The first-order valence-corrected chi connectivity index (χ1v) is 5.72. The Morgan fingerprint density at radius 1 is 1.39 bits per heavy atom. The normalized spacial score (nSPS) is 23.3. The van der Waals surface area contributed by atoms with Crippen LogP contribution in [0.3, 0.4) is 0 Å². The highest BCUT2D eigenvalue weighted by Gasteiger charge is 2.36. The average molecular weight is 251 g/mol. The van der Waals surface area contributed by atoms with Crippen LogP contribution in [0.15, 0.2) is 18.3 Å². The molecule has 0 aliphatic carbocycles. The molecule has 0 radical (unpaired) electrons. The SMILES string of the molecule is COC1CN(C(=O)c2ncccc2N)CC1OC. The fourth-order valence-electron chi connectivity index (χ4n) is 2.11. The lowest BCUT2D eigenvalue weighted by atomic mass is 10.3. The first kappa shape index (κ1) is 12.8. The van der Waals surface area contributed by atoms with Crippen LogP contribution in [0.25, 0.3) is 0 Å². The number of aromatic nitrogens is 1. The van der Waals surface area contributed by atoms with Crippen LogP contribution in [-0.4, -0.2) is 55.3 Å². The average Bonchev–Trinajstić information content (AvgIpc) is 2.81. The third-order valence-corrected chi connectivity index (χ3v) is 3.15. The van der Waals surface area contributed by atoms with Crippen LogP contribution in [0.2, 0.25) is 0 Å². The summed E-state index contributed by atoms with van der Waals surface area (Å²) >= 11 is 0. The van der Waals surface area contributed by atoms with Gasteiger partial charge in [0.05, 0.1) is 5.69 Å². The monoisotopic (exact) mass is 251 g/mol. The molecule has 2 unspecified atom stereocenters. The van der Waals surface area contributed by atoms with Crippen LogP contribution in [0.5, 0.6) is 0 Å². The van der Waals surface area contributed by atoms with Crippen molar-refractivity contribution in [1.82, 2.24) is 9.88 Å². The number of carbonyl (C=O) groups is 1. The minimum atomic E-state index is -0.185. The number of amides is 1. The van der Waals surface area contributed by atoms with Crippen molar-refractivity contribution >= 4 is 11.6 Å². The Morgan fingerprint density at radius 2 is 2.00 bits per heavy atom. The maximum atomic E-state index is 12.3. The number of nitrogen functional groups attached to an aromatic ring is 1. The molecule has 0 saturated carbocycles. The van der Waals surface area contributed by atoms with Gasteiger partial charge in [-0.1, -0.05) is 0 Å². The lowest BCUT2D eigenvalue weighted by Gasteiger charge is -2.15. The van der Waals surface area contributed by atoms with Crippen molar-refractivity contribution in [2.24, 2.45) is 0 Å². The zero-order chi connectivity index (χ0) is 13.1. The minimum absolute atomic E-state index is 0.108. The number of rotatable bonds is 3. The number of hydrogen-bond acceptors (Lipinski definition) is 5. The van der Waals surface area contributed by atoms with Crippen molar-refractivity contribution < 1.29 is 14.3 Å². The molecule has 1 amide bonds. The number of anilines is 1. The van der Waals surface area contributed by atoms with E-state index >= 15 is 0 Å². The molecule has 1 aliphatic heterocycles. The second-order valence-electron chi connectivity index (χ2n) is 4.20. The molecular weight excluding hydrogens is 234 g/mol. The molecule has 0 bridgehead atoms. The zero-order valence-electron chi connectivity index (χ0n) is 10.5. The summed E-state index contributed by atoms with van der Waals surface area (Å²) in [5.74, 6) is -0.185. The minimum Gasteiger partial charge on any atom is -0.397 e. The van der Waals surface area contributed by atoms with Gasteiger partial charge >= 0.3 is 0 Å². The molecule has 1 aromatic rings. The quantitative estimate of drug-likeness (QED) is 0.827. The Labute approximate surface area is 106 Å². The largest absolute Gasteiger partial charge is 0.397 e. The van der Waals surface area contributed by atoms with Gasteiger partial charge in [-0.3, -0.25) is 4.79 Å². The van der Waals surface area contributed by atoms with Gasteiger partial charge in [0, 0.05) is 33.5 Å². The highest BCUT2D eigenvalue weighted by atomic mass is 16.5. The Kier molecular flexibility index (Phi) is 3.78. The predicted octanol–water partition coefficient (Wildman–Crippen LogP) is 0.150. The van der Waals surface area contributed by atoms with E-state index in [-0.39, 0.29) is 23.8 Å². The molecule has 6 heteroatoms. The Morgan fingerprint density at radius 3 is 2.50 bits per heavy atom. The number of pyridine rings is 1. The predicted molar refractivity (Wildman–Crippen MR) is 66.1 cm³/mol. The summed E-state index contributed by atoms with van der Waals surface area (Å²) in [6, 6.07) is 3.37. The van der Waals surface area contributed by atoms with Gasteiger partial charge in [-0.15, -0.1) is 0 Å². The van der Waals surface area contributed by atoms with Crippen LogP contribution in [0.4, 0.5) is 5.69 Å². The van der Waals surface area contributed by atoms with E-state index in [4.69, 9.17) is 15.2 Å². The third-order valence-electron chi connectivity index (χ3n) is 3.15. The van der Waals surface area contributed by atoms with E-state index in [0.29, 0.717) is 18.8 Å². The van der Waals surface area contributed by atoms with Crippen molar-refractivity contribution in [2.75, 3.05) is 33.0 Å². The molecule has 1 aliphatic rings. The van der Waals surface area contributed by atoms with Gasteiger partial charge in [0.1, 0.15) is 12.2 Å². The second kappa shape index (κ2) is 5.32. The summed E-state index contributed by atoms with van der Waals surface area (Å²) in [4.78, 5) is 17.9. The van der Waals surface area contributed by atoms with Crippen LogP contribution >= 0.6 is 0 Å². The molecule has 18 heavy (non-hydrogen) atoms. The number of ether oxygens (including phenoxy) is 2. The molecule has 1 fully saturated rings. The molecule has 2 N–H and O–H groups in total. The summed E-state index contributed by atoms with van der Waals surface area (Å²) in [5.41, 5.74) is 6.42. The standard InChI is InChI=1S/C12H17N3O3/c1-17-9-6-15(7-10(9)18-2)12(16)11-8(13)4-3-5-14-11/h3-5,9-10H,6-7,13H2,1-2H3. The smallest absolute Gasteiger partial charge is 0.274 e. The van der Waals surface area contributed by atoms with Gasteiger partial charge in [-0.25, -0.2) is 4.98 Å². The first-order valence-electron chi connectivity index (χ1n) is 5.72. The molecule has 1 saturated heterocycles. The molecule has 0 aromatic carbocycles. The Balaban J connectivity index is 2.14. The van der Waals surface area contributed by atoms with Crippen LogP contribution in [-0.2, 0) is 9.47 Å². The van der Waals surface area contributed by atoms with E-state index in [0.717, 1.165) is 0 Å². The number of likely N-dealkylation sites (tertiary alicyclic amines) is 1. The second-order valence-corrected chi connectivity index (χ2v) is 4.20. The van der Waals surface area contributed by atoms with E-state index < -0.39 is 0 Å². The third kappa shape index (κ3) is 2.30. The lowest BCUT2D eigenvalue weighted by Crippen LogP contribution is -2.31. The number of carbonyl (C=O) groups excluding carboxylic acids is 1. The number of nitrogens with zero attached hydrogens (tertiary/aromatic N) is 2. The molecule has 2 rings (SSSR count). The molecule has 6 nitrogen and oxygen atoms in total. The summed E-state index contributed by atoms with van der Waals surface area (Å²) in [7, 11) is 3.22. The number of methoxy groups -OCH3 is 2. The van der Waals surface area contributed by atoms with E-state index in [9.17, 15) is 4.79 Å². The molecule has 0 spiro atoms. The summed E-state index contributed by atoms with van der Waals surface area (Å²) < 4.78 is 10.6. The van der Waals surface area contributed by atoms with Gasteiger partial charge in [0.2, 0.25) is 0 Å². The fourth-order valence-corrected chi connectivity index (χ4v) is 2.11. The van der Waals surface area contributed by atoms with Gasteiger partial charge in [-0.05, 0) is 12.1 Å². The van der Waals surface area contributed by atoms with Crippen molar-refractivity contribution in [2.45, 2.75) is 12.2 Å². The van der Waals surface area contributed by atoms with E-state index in [1.165, 1.54) is 0 Å². The number of hydrogen-bond donors (Lipinski definition) is 1. The topological polar surface area (TPSA) is 77.7 Å². The number of nitrogens with two attached hydrogens (primary N) is 1. The highest BCUT2D eigenvalue weighted by Crippen LogP contribution is 2.19. The van der Waals surface area contributed by atoms with Crippen molar-refractivity contribution in [3.05, 3.63) is 24.0 Å². The van der Waals surface area contributed by atoms with Crippen LogP contribution in [0.1, 0.15) is 10.5 Å². The molecule has 98 valence electrons. The first-order chi connectivity index (χ1) is 8.67. The van der Waals surface area contributed by atoms with Crippen molar-refractivity contribution in [3.8, 4) is 0 Å².